The van der Waals surface area contributed by atoms with E-state index in [1.165, 1.54) is 10.4 Å². The van der Waals surface area contributed by atoms with Crippen LogP contribution in [-0.2, 0) is 4.43 Å². The highest BCUT2D eigenvalue weighted by molar-refractivity contribution is 6.80. The van der Waals surface area contributed by atoms with Gasteiger partial charge in [0.05, 0.1) is 6.61 Å². The number of rotatable bonds is 5. The summed E-state index contributed by atoms with van der Waals surface area (Å²) < 4.78 is 6.12. The molecule has 0 atom stereocenters. The Morgan fingerprint density at radius 1 is 0.944 bits per heavy atom. The number of hydrogen-bond donors (Lipinski definition) is 0. The van der Waals surface area contributed by atoms with Crippen molar-refractivity contribution < 1.29 is 4.43 Å². The van der Waals surface area contributed by atoms with E-state index in [-0.39, 0.29) is 0 Å². The van der Waals surface area contributed by atoms with Crippen molar-refractivity contribution in [2.24, 2.45) is 0 Å². The molecule has 0 aliphatic heterocycles. The third-order valence-corrected chi connectivity index (χ3v) is 5.18. The van der Waals surface area contributed by atoms with Crippen molar-refractivity contribution in [2.75, 3.05) is 6.61 Å². The van der Waals surface area contributed by atoms with E-state index in [1.807, 2.05) is 19.1 Å². The molecule has 0 spiro atoms. The van der Waals surface area contributed by atoms with Gasteiger partial charge in [0, 0.05) is 0 Å². The summed E-state index contributed by atoms with van der Waals surface area (Å²) >= 11 is 0. The Balaban J connectivity index is 2.26. The monoisotopic (exact) mass is 254 g/mol. The highest BCUT2D eigenvalue weighted by atomic mass is 28.3. The molecule has 0 bridgehead atoms. The Morgan fingerprint density at radius 3 is 1.78 bits per heavy atom. The van der Waals surface area contributed by atoms with Gasteiger partial charge in [-0.25, -0.2) is 0 Å². The molecule has 0 amide bonds. The summed E-state index contributed by atoms with van der Waals surface area (Å²) in [6.07, 6.45) is 0. The molecule has 0 aliphatic carbocycles. The second-order valence-electron chi connectivity index (χ2n) is 4.47. The standard InChI is InChI=1S/C16H18OSi/c1-14(2)13-17-18(15-9-5-3-6-10-15)16-11-7-4-8-12-16/h3-12,18H,1,13H2,2H3. The van der Waals surface area contributed by atoms with Gasteiger partial charge in [0.1, 0.15) is 0 Å². The van der Waals surface area contributed by atoms with Crippen molar-refractivity contribution in [3.8, 4) is 0 Å². The summed E-state index contributed by atoms with van der Waals surface area (Å²) in [4.78, 5) is 0. The maximum atomic E-state index is 6.12. The molecule has 0 heterocycles. The molecule has 0 saturated carbocycles. The first-order valence-electron chi connectivity index (χ1n) is 6.13. The molecule has 1 nitrogen and oxygen atoms in total. The van der Waals surface area contributed by atoms with Gasteiger partial charge >= 0.3 is 0 Å². The fraction of sp³-hybridized carbons (Fsp3) is 0.125. The lowest BCUT2D eigenvalue weighted by Gasteiger charge is -2.17. The van der Waals surface area contributed by atoms with Crippen LogP contribution in [0.2, 0.25) is 0 Å². The molecule has 0 saturated heterocycles. The molecule has 0 unspecified atom stereocenters. The van der Waals surface area contributed by atoms with Gasteiger partial charge in [-0.15, -0.1) is 0 Å². The maximum Gasteiger partial charge on any atom is 0.240 e. The maximum absolute atomic E-state index is 6.12. The van der Waals surface area contributed by atoms with Crippen LogP contribution in [0.1, 0.15) is 6.92 Å². The molecule has 0 fully saturated rings. The summed E-state index contributed by atoms with van der Waals surface area (Å²) in [5.41, 5.74) is 1.07. The average Bonchev–Trinajstić information content (AvgIpc) is 2.41. The predicted molar refractivity (Wildman–Crippen MR) is 80.1 cm³/mol. The normalized spacial score (nSPS) is 10.6. The molecular weight excluding hydrogens is 236 g/mol. The molecule has 2 heteroatoms. The topological polar surface area (TPSA) is 9.23 Å². The van der Waals surface area contributed by atoms with E-state index < -0.39 is 9.04 Å². The van der Waals surface area contributed by atoms with Crippen LogP contribution < -0.4 is 10.4 Å². The summed E-state index contributed by atoms with van der Waals surface area (Å²) in [5.74, 6) is 0. The van der Waals surface area contributed by atoms with Crippen molar-refractivity contribution in [2.45, 2.75) is 6.92 Å². The molecule has 0 N–H and O–H groups in total. The van der Waals surface area contributed by atoms with Crippen LogP contribution in [-0.4, -0.2) is 15.6 Å². The third kappa shape index (κ3) is 3.42. The van der Waals surface area contributed by atoms with Crippen molar-refractivity contribution >= 4 is 19.4 Å². The van der Waals surface area contributed by atoms with Crippen LogP contribution >= 0.6 is 0 Å². The van der Waals surface area contributed by atoms with Gasteiger partial charge in [-0.3, -0.25) is 0 Å². The van der Waals surface area contributed by atoms with Crippen LogP contribution in [0, 0.1) is 0 Å². The van der Waals surface area contributed by atoms with E-state index in [9.17, 15) is 0 Å². The SMILES string of the molecule is C=C(C)CO[SiH](c1ccccc1)c1ccccc1. The van der Waals surface area contributed by atoms with Crippen molar-refractivity contribution in [1.29, 1.82) is 0 Å². The first-order chi connectivity index (χ1) is 8.77. The Morgan fingerprint density at radius 2 is 1.39 bits per heavy atom. The lowest BCUT2D eigenvalue weighted by molar-refractivity contribution is 0.371. The van der Waals surface area contributed by atoms with E-state index in [4.69, 9.17) is 4.43 Å². The van der Waals surface area contributed by atoms with Crippen molar-refractivity contribution in [1.82, 2.24) is 0 Å². The predicted octanol–water partition coefficient (Wildman–Crippen LogP) is 2.12. The van der Waals surface area contributed by atoms with E-state index in [2.05, 4.69) is 55.1 Å². The van der Waals surface area contributed by atoms with E-state index in [0.29, 0.717) is 6.61 Å². The van der Waals surface area contributed by atoms with Gasteiger partial charge in [-0.05, 0) is 17.3 Å². The van der Waals surface area contributed by atoms with E-state index in [1.54, 1.807) is 0 Å². The second kappa shape index (κ2) is 6.33. The Bertz CT molecular complexity index is 454. The zero-order chi connectivity index (χ0) is 12.8. The molecule has 92 valence electrons. The van der Waals surface area contributed by atoms with Gasteiger partial charge in [0.2, 0.25) is 9.04 Å². The molecule has 0 aliphatic rings. The van der Waals surface area contributed by atoms with E-state index >= 15 is 0 Å². The molecular formula is C16H18OSi. The van der Waals surface area contributed by atoms with Crippen molar-refractivity contribution in [3.63, 3.8) is 0 Å². The van der Waals surface area contributed by atoms with Crippen LogP contribution in [0.25, 0.3) is 0 Å². The quantitative estimate of drug-likeness (QED) is 0.586. The Hall–Kier alpha value is -1.64. The minimum atomic E-state index is -1.57. The molecule has 2 aromatic rings. The summed E-state index contributed by atoms with van der Waals surface area (Å²) in [5, 5.41) is 2.62. The Labute approximate surface area is 110 Å². The fourth-order valence-corrected chi connectivity index (χ4v) is 4.23. The first-order valence-corrected chi connectivity index (χ1v) is 7.76. The van der Waals surface area contributed by atoms with E-state index in [0.717, 1.165) is 5.57 Å². The average molecular weight is 254 g/mol. The van der Waals surface area contributed by atoms with Crippen molar-refractivity contribution in [3.05, 3.63) is 72.8 Å². The van der Waals surface area contributed by atoms with Gasteiger partial charge in [0.15, 0.2) is 0 Å². The van der Waals surface area contributed by atoms with Crippen LogP contribution in [0.4, 0.5) is 0 Å². The van der Waals surface area contributed by atoms with Crippen LogP contribution in [0.15, 0.2) is 72.8 Å². The second-order valence-corrected chi connectivity index (χ2v) is 6.90. The van der Waals surface area contributed by atoms with Crippen LogP contribution in [0.3, 0.4) is 0 Å². The van der Waals surface area contributed by atoms with Gasteiger partial charge in [-0.2, -0.15) is 0 Å². The summed E-state index contributed by atoms with van der Waals surface area (Å²) in [6, 6.07) is 21.0. The smallest absolute Gasteiger partial charge is 0.240 e. The van der Waals surface area contributed by atoms with Gasteiger partial charge in [-0.1, -0.05) is 72.8 Å². The first kappa shape index (κ1) is 12.8. The molecule has 18 heavy (non-hydrogen) atoms. The highest BCUT2D eigenvalue weighted by Gasteiger charge is 2.16. The lowest BCUT2D eigenvalue weighted by atomic mass is 10.4. The highest BCUT2D eigenvalue weighted by Crippen LogP contribution is 1.97. The third-order valence-electron chi connectivity index (χ3n) is 2.70. The number of benzene rings is 2. The lowest BCUT2D eigenvalue weighted by Crippen LogP contribution is -2.45. The zero-order valence-corrected chi connectivity index (χ0v) is 11.8. The number of hydrogen-bond acceptors (Lipinski definition) is 1. The fourth-order valence-electron chi connectivity index (χ4n) is 1.87. The van der Waals surface area contributed by atoms with Gasteiger partial charge in [0.25, 0.3) is 0 Å². The molecule has 0 aromatic heterocycles. The minimum absolute atomic E-state index is 0.640. The molecule has 2 rings (SSSR count). The zero-order valence-electron chi connectivity index (χ0n) is 10.7. The largest absolute Gasteiger partial charge is 0.407 e. The summed E-state index contributed by atoms with van der Waals surface area (Å²) in [6.45, 7) is 6.55. The minimum Gasteiger partial charge on any atom is -0.407 e. The molecule has 2 aromatic carbocycles. The molecule has 0 radical (unpaired) electrons. The summed E-state index contributed by atoms with van der Waals surface area (Å²) in [7, 11) is -1.57. The van der Waals surface area contributed by atoms with Gasteiger partial charge < -0.3 is 4.43 Å². The Kier molecular flexibility index (Phi) is 4.50. The van der Waals surface area contributed by atoms with Crippen LogP contribution in [0.5, 0.6) is 0 Å².